The molecule has 80 valence electrons. The first-order valence-corrected chi connectivity index (χ1v) is 4.87. The molecule has 0 aliphatic carbocycles. The summed E-state index contributed by atoms with van der Waals surface area (Å²) in [6.45, 7) is 0. The summed E-state index contributed by atoms with van der Waals surface area (Å²) in [6, 6.07) is 14.6. The Hall–Kier alpha value is -2.36. The average Bonchev–Trinajstić information content (AvgIpc) is 2.29. The lowest BCUT2D eigenvalue weighted by Crippen LogP contribution is -1.89. The van der Waals surface area contributed by atoms with Crippen molar-refractivity contribution in [1.82, 2.24) is 0 Å². The van der Waals surface area contributed by atoms with Gasteiger partial charge in [0.25, 0.3) is 0 Å². The largest absolute Gasteiger partial charge is 0.399 e. The van der Waals surface area contributed by atoms with Crippen LogP contribution in [0.3, 0.4) is 0 Å². The van der Waals surface area contributed by atoms with E-state index >= 15 is 0 Å². The Labute approximate surface area is 93.6 Å². The average molecular weight is 212 g/mol. The molecule has 2 rings (SSSR count). The molecule has 0 radical (unpaired) electrons. The van der Waals surface area contributed by atoms with Crippen molar-refractivity contribution < 1.29 is 0 Å². The fourth-order valence-corrected chi connectivity index (χ4v) is 1.27. The van der Waals surface area contributed by atoms with Crippen molar-refractivity contribution in [3.63, 3.8) is 0 Å². The minimum Gasteiger partial charge on any atom is -0.399 e. The van der Waals surface area contributed by atoms with Crippen LogP contribution in [0.25, 0.3) is 0 Å². The van der Waals surface area contributed by atoms with Gasteiger partial charge in [-0.15, -0.1) is 5.11 Å². The van der Waals surface area contributed by atoms with Gasteiger partial charge >= 0.3 is 0 Å². The Morgan fingerprint density at radius 2 is 1.56 bits per heavy atom. The van der Waals surface area contributed by atoms with E-state index < -0.39 is 0 Å². The standard InChI is InChI=1S/C12H12N4/c13-9-6-7-12(11(14)8-9)16-15-10-4-2-1-3-5-10/h1-8H,13-14H2/b16-15+. The van der Waals surface area contributed by atoms with Gasteiger partial charge in [0.05, 0.1) is 11.4 Å². The minimum atomic E-state index is 0.527. The molecule has 0 spiro atoms. The maximum atomic E-state index is 5.75. The van der Waals surface area contributed by atoms with E-state index in [0.717, 1.165) is 5.69 Å². The number of benzene rings is 2. The van der Waals surface area contributed by atoms with Gasteiger partial charge in [-0.25, -0.2) is 0 Å². The first kappa shape index (κ1) is 10.2. The molecule has 4 nitrogen and oxygen atoms in total. The molecule has 0 aliphatic rings. The molecule has 0 fully saturated rings. The zero-order valence-corrected chi connectivity index (χ0v) is 8.67. The third kappa shape index (κ3) is 2.36. The lowest BCUT2D eigenvalue weighted by atomic mass is 10.2. The monoisotopic (exact) mass is 212 g/mol. The second-order valence-electron chi connectivity index (χ2n) is 3.35. The molecule has 0 unspecified atom stereocenters. The highest BCUT2D eigenvalue weighted by molar-refractivity contribution is 5.67. The number of nitrogens with two attached hydrogens (primary N) is 2. The molecule has 0 aliphatic heterocycles. The van der Waals surface area contributed by atoms with Crippen LogP contribution in [0.5, 0.6) is 0 Å². The normalized spacial score (nSPS) is 10.8. The summed E-state index contributed by atoms with van der Waals surface area (Å²) in [5, 5.41) is 8.13. The molecule has 0 saturated carbocycles. The van der Waals surface area contributed by atoms with Crippen LogP contribution < -0.4 is 11.5 Å². The third-order valence-corrected chi connectivity index (χ3v) is 2.08. The van der Waals surface area contributed by atoms with Crippen molar-refractivity contribution in [3.05, 3.63) is 48.5 Å². The molecular weight excluding hydrogens is 200 g/mol. The quantitative estimate of drug-likeness (QED) is 0.592. The van der Waals surface area contributed by atoms with Crippen LogP contribution in [0.2, 0.25) is 0 Å². The van der Waals surface area contributed by atoms with Crippen molar-refractivity contribution in [1.29, 1.82) is 0 Å². The molecule has 4 heteroatoms. The van der Waals surface area contributed by atoms with E-state index in [9.17, 15) is 0 Å². The van der Waals surface area contributed by atoms with E-state index in [0.29, 0.717) is 17.1 Å². The molecular formula is C12H12N4. The molecule has 0 amide bonds. The number of azo groups is 1. The Morgan fingerprint density at radius 3 is 2.25 bits per heavy atom. The SMILES string of the molecule is Nc1ccc(/N=N/c2ccccc2)c(N)c1. The highest BCUT2D eigenvalue weighted by atomic mass is 15.1. The molecule has 2 aromatic rings. The first-order valence-electron chi connectivity index (χ1n) is 4.87. The van der Waals surface area contributed by atoms with Gasteiger partial charge < -0.3 is 11.5 Å². The van der Waals surface area contributed by atoms with Gasteiger partial charge in [-0.1, -0.05) is 18.2 Å². The number of anilines is 2. The van der Waals surface area contributed by atoms with E-state index in [1.807, 2.05) is 30.3 Å². The molecule has 0 atom stereocenters. The Bertz CT molecular complexity index is 506. The van der Waals surface area contributed by atoms with E-state index in [2.05, 4.69) is 10.2 Å². The second-order valence-corrected chi connectivity index (χ2v) is 3.35. The Morgan fingerprint density at radius 1 is 0.812 bits per heavy atom. The number of nitrogens with zero attached hydrogens (tertiary/aromatic N) is 2. The van der Waals surface area contributed by atoms with Gasteiger partial charge in [-0.3, -0.25) is 0 Å². The highest BCUT2D eigenvalue weighted by Gasteiger charge is 1.97. The van der Waals surface area contributed by atoms with Crippen molar-refractivity contribution in [2.24, 2.45) is 10.2 Å². The van der Waals surface area contributed by atoms with E-state index in [4.69, 9.17) is 11.5 Å². The summed E-state index contributed by atoms with van der Waals surface area (Å²) in [4.78, 5) is 0. The van der Waals surface area contributed by atoms with Crippen molar-refractivity contribution >= 4 is 22.7 Å². The summed E-state index contributed by atoms with van der Waals surface area (Å²) in [7, 11) is 0. The zero-order valence-electron chi connectivity index (χ0n) is 8.67. The molecule has 16 heavy (non-hydrogen) atoms. The summed E-state index contributed by atoms with van der Waals surface area (Å²) in [5.41, 5.74) is 13.9. The summed E-state index contributed by atoms with van der Waals surface area (Å²) >= 11 is 0. The van der Waals surface area contributed by atoms with Crippen molar-refractivity contribution in [3.8, 4) is 0 Å². The zero-order chi connectivity index (χ0) is 11.4. The molecule has 0 bridgehead atoms. The van der Waals surface area contributed by atoms with Gasteiger partial charge in [0, 0.05) is 5.69 Å². The predicted octanol–water partition coefficient (Wildman–Crippen LogP) is 3.27. The third-order valence-electron chi connectivity index (χ3n) is 2.08. The van der Waals surface area contributed by atoms with Gasteiger partial charge in [0.1, 0.15) is 5.69 Å². The lowest BCUT2D eigenvalue weighted by Gasteiger charge is -1.99. The molecule has 0 aromatic heterocycles. The van der Waals surface area contributed by atoms with Crippen molar-refractivity contribution in [2.75, 3.05) is 11.5 Å². The van der Waals surface area contributed by atoms with E-state index in [1.54, 1.807) is 18.2 Å². The van der Waals surface area contributed by atoms with Crippen LogP contribution in [0.4, 0.5) is 22.7 Å². The van der Waals surface area contributed by atoms with Crippen LogP contribution in [-0.2, 0) is 0 Å². The minimum absolute atomic E-state index is 0.527. The Kier molecular flexibility index (Phi) is 2.82. The van der Waals surface area contributed by atoms with Gasteiger partial charge in [-0.2, -0.15) is 5.11 Å². The number of nitrogen functional groups attached to an aromatic ring is 2. The highest BCUT2D eigenvalue weighted by Crippen LogP contribution is 2.26. The molecule has 2 aromatic carbocycles. The molecule has 0 heterocycles. The fourth-order valence-electron chi connectivity index (χ4n) is 1.27. The second kappa shape index (κ2) is 4.44. The summed E-state index contributed by atoms with van der Waals surface area (Å²) in [5.74, 6) is 0. The molecule has 0 saturated heterocycles. The van der Waals surface area contributed by atoms with Gasteiger partial charge in [-0.05, 0) is 30.3 Å². The maximum Gasteiger partial charge on any atom is 0.109 e. The molecule has 4 N–H and O–H groups in total. The first-order chi connectivity index (χ1) is 7.75. The van der Waals surface area contributed by atoms with Gasteiger partial charge in [0.2, 0.25) is 0 Å². The van der Waals surface area contributed by atoms with E-state index in [1.165, 1.54) is 0 Å². The topological polar surface area (TPSA) is 76.8 Å². The summed E-state index contributed by atoms with van der Waals surface area (Å²) < 4.78 is 0. The lowest BCUT2D eigenvalue weighted by molar-refractivity contribution is 1.23. The summed E-state index contributed by atoms with van der Waals surface area (Å²) in [6.07, 6.45) is 0. The fraction of sp³-hybridized carbons (Fsp3) is 0. The smallest absolute Gasteiger partial charge is 0.109 e. The Balaban J connectivity index is 2.24. The van der Waals surface area contributed by atoms with Gasteiger partial charge in [0.15, 0.2) is 0 Å². The maximum absolute atomic E-state index is 5.75. The van der Waals surface area contributed by atoms with Crippen LogP contribution >= 0.6 is 0 Å². The van der Waals surface area contributed by atoms with Crippen LogP contribution in [0, 0.1) is 0 Å². The van der Waals surface area contributed by atoms with Crippen molar-refractivity contribution in [2.45, 2.75) is 0 Å². The van der Waals surface area contributed by atoms with Crippen LogP contribution in [-0.4, -0.2) is 0 Å². The van der Waals surface area contributed by atoms with E-state index in [-0.39, 0.29) is 0 Å². The van der Waals surface area contributed by atoms with Crippen LogP contribution in [0.15, 0.2) is 58.8 Å². The number of rotatable bonds is 2. The number of hydrogen-bond acceptors (Lipinski definition) is 4. The van der Waals surface area contributed by atoms with Crippen LogP contribution in [0.1, 0.15) is 0 Å². The predicted molar refractivity (Wildman–Crippen MR) is 65.9 cm³/mol. The number of hydrogen-bond donors (Lipinski definition) is 2.